The van der Waals surface area contributed by atoms with Crippen molar-refractivity contribution in [3.63, 3.8) is 0 Å². The molecule has 0 amide bonds. The number of carboxylic acid groups (broad SMARTS) is 1. The lowest BCUT2D eigenvalue weighted by Gasteiger charge is -2.22. The number of rotatable bonds is 10. The number of carboxylic acids is 1. The van der Waals surface area contributed by atoms with Crippen molar-refractivity contribution >= 4 is 49.0 Å². The van der Waals surface area contributed by atoms with E-state index in [1.165, 1.54) is 29.5 Å². The van der Waals surface area contributed by atoms with Crippen molar-refractivity contribution in [3.05, 3.63) is 58.6 Å². The van der Waals surface area contributed by atoms with E-state index in [9.17, 15) is 18.3 Å². The number of aryl methyl sites for hydroxylation is 1. The first kappa shape index (κ1) is 25.5. The van der Waals surface area contributed by atoms with Gasteiger partial charge in [0.2, 0.25) is 0 Å². The van der Waals surface area contributed by atoms with Crippen LogP contribution in [0.5, 0.6) is 5.75 Å². The van der Waals surface area contributed by atoms with Gasteiger partial charge in [-0.3, -0.25) is 0 Å². The fourth-order valence-corrected chi connectivity index (χ4v) is 7.04. The van der Waals surface area contributed by atoms with Gasteiger partial charge in [0.05, 0.1) is 0 Å². The summed E-state index contributed by atoms with van der Waals surface area (Å²) in [4.78, 5) is 11.2. The number of nitrogens with zero attached hydrogens (tertiary/aromatic N) is 1. The van der Waals surface area contributed by atoms with Gasteiger partial charge in [0, 0.05) is 22.8 Å². The zero-order valence-electron chi connectivity index (χ0n) is 19.1. The van der Waals surface area contributed by atoms with Crippen LogP contribution in [0.15, 0.2) is 46.7 Å². The number of aliphatic carboxylic acids is 1. The van der Waals surface area contributed by atoms with Crippen molar-refractivity contribution in [1.29, 1.82) is 0 Å². The first-order valence-corrected chi connectivity index (χ1v) is 13.3. The molecule has 0 aliphatic rings. The Hall–Kier alpha value is -2.13. The number of fused-ring (bicyclic) bond motifs is 1. The molecule has 0 bridgehead atoms. The smallest absolute Gasteiger partial charge is 0.347 e. The van der Waals surface area contributed by atoms with E-state index in [4.69, 9.17) is 16.3 Å². The number of benzene rings is 2. The average Bonchev–Trinajstić information content (AvgIpc) is 3.08. The van der Waals surface area contributed by atoms with E-state index in [1.807, 2.05) is 32.0 Å². The van der Waals surface area contributed by atoms with Crippen LogP contribution in [0.25, 0.3) is 10.1 Å². The van der Waals surface area contributed by atoms with Crippen molar-refractivity contribution in [2.75, 3.05) is 13.1 Å². The quantitative estimate of drug-likeness (QED) is 0.376. The lowest BCUT2D eigenvalue weighted by Crippen LogP contribution is -2.37. The summed E-state index contributed by atoms with van der Waals surface area (Å²) in [6, 6.07) is 12.5. The van der Waals surface area contributed by atoms with Gasteiger partial charge in [-0.25, -0.2) is 13.2 Å². The molecule has 0 saturated heterocycles. The molecule has 9 heteroatoms. The third kappa shape index (κ3) is 5.69. The van der Waals surface area contributed by atoms with Crippen molar-refractivity contribution < 1.29 is 23.1 Å². The molecule has 6 nitrogen and oxygen atoms in total. The van der Waals surface area contributed by atoms with Crippen LogP contribution in [0.1, 0.15) is 38.3 Å². The largest absolute Gasteiger partial charge is 0.478 e. The lowest BCUT2D eigenvalue weighted by atomic mass is 10.1. The Balaban J connectivity index is 1.78. The molecule has 0 aliphatic heterocycles. The molecule has 1 N–H and O–H groups in total. The van der Waals surface area contributed by atoms with Crippen molar-refractivity contribution in [1.82, 2.24) is 4.31 Å². The molecule has 2 aromatic carbocycles. The maximum absolute atomic E-state index is 13.5. The van der Waals surface area contributed by atoms with Crippen molar-refractivity contribution in [3.8, 4) is 5.75 Å². The Bertz CT molecular complexity index is 1250. The van der Waals surface area contributed by atoms with Crippen LogP contribution in [0.4, 0.5) is 0 Å². The summed E-state index contributed by atoms with van der Waals surface area (Å²) in [5.41, 5.74) is 0.327. The highest BCUT2D eigenvalue weighted by atomic mass is 35.5. The standard InChI is InChI=1S/C24H28ClNO5S2/c1-5-13-26(14-12-17-6-9-19(10-7-17)31-24(3,4)23(27)28)33(29,30)22-16(2)20-15-18(25)8-11-21(20)32-22/h6-11,15H,5,12-14H2,1-4H3,(H,27,28). The number of halogens is 1. The molecule has 33 heavy (non-hydrogen) atoms. The van der Waals surface area contributed by atoms with Crippen LogP contribution in [0.3, 0.4) is 0 Å². The predicted molar refractivity (Wildman–Crippen MR) is 133 cm³/mol. The Labute approximate surface area is 203 Å². The average molecular weight is 510 g/mol. The van der Waals surface area contributed by atoms with Crippen LogP contribution in [-0.4, -0.2) is 42.5 Å². The molecule has 1 heterocycles. The Morgan fingerprint density at radius 2 is 1.82 bits per heavy atom. The number of sulfonamides is 1. The number of carbonyl (C=O) groups is 1. The first-order valence-electron chi connectivity index (χ1n) is 10.7. The zero-order valence-corrected chi connectivity index (χ0v) is 21.5. The third-order valence-electron chi connectivity index (χ3n) is 5.36. The molecular weight excluding hydrogens is 482 g/mol. The zero-order chi connectivity index (χ0) is 24.4. The summed E-state index contributed by atoms with van der Waals surface area (Å²) in [7, 11) is -3.66. The molecule has 0 fully saturated rings. The topological polar surface area (TPSA) is 83.9 Å². The number of ether oxygens (including phenoxy) is 1. The van der Waals surface area contributed by atoms with Crippen LogP contribution >= 0.6 is 22.9 Å². The SMILES string of the molecule is CCCN(CCc1ccc(OC(C)(C)C(=O)O)cc1)S(=O)(=O)c1sc2ccc(Cl)cc2c1C. The van der Waals surface area contributed by atoms with E-state index in [0.29, 0.717) is 40.9 Å². The Morgan fingerprint density at radius 1 is 1.15 bits per heavy atom. The van der Waals surface area contributed by atoms with Crippen molar-refractivity contribution in [2.45, 2.75) is 50.3 Å². The van der Waals surface area contributed by atoms with Gasteiger partial charge in [0.1, 0.15) is 9.96 Å². The van der Waals surface area contributed by atoms with Gasteiger partial charge in [-0.05, 0) is 80.5 Å². The van der Waals surface area contributed by atoms with Gasteiger partial charge in [-0.2, -0.15) is 4.31 Å². The third-order valence-corrected chi connectivity index (χ3v) is 9.37. The Morgan fingerprint density at radius 3 is 2.42 bits per heavy atom. The highest BCUT2D eigenvalue weighted by molar-refractivity contribution is 7.91. The summed E-state index contributed by atoms with van der Waals surface area (Å²) in [5.74, 6) is -0.602. The molecule has 0 radical (unpaired) electrons. The summed E-state index contributed by atoms with van der Waals surface area (Å²) in [6.07, 6.45) is 1.23. The van der Waals surface area contributed by atoms with E-state index in [0.717, 1.165) is 21.2 Å². The van der Waals surface area contributed by atoms with Crippen LogP contribution in [-0.2, 0) is 21.2 Å². The number of hydrogen-bond donors (Lipinski definition) is 1. The fourth-order valence-electron chi connectivity index (χ4n) is 3.45. The summed E-state index contributed by atoms with van der Waals surface area (Å²) in [6.45, 7) is 7.51. The first-order chi connectivity index (χ1) is 15.5. The second kappa shape index (κ2) is 10.0. The second-order valence-corrected chi connectivity index (χ2v) is 12.0. The molecule has 0 unspecified atom stereocenters. The van der Waals surface area contributed by atoms with E-state index >= 15 is 0 Å². The number of thiophene rings is 1. The fraction of sp³-hybridized carbons (Fsp3) is 0.375. The minimum absolute atomic E-state index is 0.339. The highest BCUT2D eigenvalue weighted by Crippen LogP contribution is 2.37. The van der Waals surface area contributed by atoms with Gasteiger partial charge in [-0.15, -0.1) is 11.3 Å². The summed E-state index contributed by atoms with van der Waals surface area (Å²) in [5, 5.41) is 10.7. The minimum Gasteiger partial charge on any atom is -0.478 e. The minimum atomic E-state index is -3.66. The van der Waals surface area contributed by atoms with Gasteiger partial charge in [0.15, 0.2) is 5.60 Å². The van der Waals surface area contributed by atoms with Gasteiger partial charge in [-0.1, -0.05) is 30.7 Å². The number of hydrogen-bond acceptors (Lipinski definition) is 5. The molecule has 3 rings (SSSR count). The van der Waals surface area contributed by atoms with Crippen LogP contribution in [0, 0.1) is 6.92 Å². The molecule has 3 aromatic rings. The molecule has 0 spiro atoms. The Kier molecular flexibility index (Phi) is 7.73. The van der Waals surface area contributed by atoms with Crippen LogP contribution in [0.2, 0.25) is 5.02 Å². The molecule has 0 aliphatic carbocycles. The van der Waals surface area contributed by atoms with Gasteiger partial charge in [0.25, 0.3) is 10.0 Å². The van der Waals surface area contributed by atoms with Crippen LogP contribution < -0.4 is 4.74 Å². The van der Waals surface area contributed by atoms with Crippen molar-refractivity contribution in [2.24, 2.45) is 0 Å². The van der Waals surface area contributed by atoms with E-state index in [1.54, 1.807) is 24.3 Å². The van der Waals surface area contributed by atoms with E-state index in [2.05, 4.69) is 0 Å². The normalized spacial score (nSPS) is 12.4. The van der Waals surface area contributed by atoms with Gasteiger partial charge >= 0.3 is 5.97 Å². The summed E-state index contributed by atoms with van der Waals surface area (Å²) < 4.78 is 35.4. The lowest BCUT2D eigenvalue weighted by molar-refractivity contribution is -0.152. The predicted octanol–water partition coefficient (Wildman–Crippen LogP) is 5.75. The molecular formula is C24H28ClNO5S2. The maximum Gasteiger partial charge on any atom is 0.347 e. The van der Waals surface area contributed by atoms with Gasteiger partial charge < -0.3 is 9.84 Å². The van der Waals surface area contributed by atoms with E-state index < -0.39 is 21.6 Å². The second-order valence-electron chi connectivity index (χ2n) is 8.37. The molecule has 178 valence electrons. The molecule has 0 atom stereocenters. The van der Waals surface area contributed by atoms with E-state index in [-0.39, 0.29) is 0 Å². The molecule has 1 aromatic heterocycles. The molecule has 0 saturated carbocycles. The highest BCUT2D eigenvalue weighted by Gasteiger charge is 2.30. The monoisotopic (exact) mass is 509 g/mol. The maximum atomic E-state index is 13.5. The summed E-state index contributed by atoms with van der Waals surface area (Å²) >= 11 is 7.38.